The summed E-state index contributed by atoms with van der Waals surface area (Å²) in [5.74, 6) is 6.76. The molecule has 0 aliphatic heterocycles. The van der Waals surface area contributed by atoms with E-state index in [1.165, 1.54) is 68.3 Å². The summed E-state index contributed by atoms with van der Waals surface area (Å²) < 4.78 is 0. The summed E-state index contributed by atoms with van der Waals surface area (Å²) in [6.45, 7) is 2.27. The molecule has 2 heterocycles. The van der Waals surface area contributed by atoms with Crippen molar-refractivity contribution in [3.8, 4) is 21.6 Å². The Morgan fingerprint density at radius 3 is 2.22 bits per heavy atom. The molecular weight excluding hydrogens is 424 g/mol. The van der Waals surface area contributed by atoms with Crippen molar-refractivity contribution >= 4 is 44.2 Å². The molecule has 0 N–H and O–H groups in total. The molecule has 0 nitrogen and oxygen atoms in total. The van der Waals surface area contributed by atoms with E-state index in [0.717, 1.165) is 10.4 Å². The summed E-state index contributed by atoms with van der Waals surface area (Å²) in [7, 11) is 0. The Morgan fingerprint density at radius 1 is 0.625 bits per heavy atom. The maximum atomic E-state index is 3.38. The highest BCUT2D eigenvalue weighted by Gasteiger charge is 2.06. The van der Waals surface area contributed by atoms with Gasteiger partial charge in [0.05, 0.1) is 4.88 Å². The highest BCUT2D eigenvalue weighted by atomic mass is 32.1. The van der Waals surface area contributed by atoms with Crippen LogP contribution in [0.1, 0.15) is 47.9 Å². The number of thiophene rings is 2. The Kier molecular flexibility index (Phi) is 6.39. The fourth-order valence-electron chi connectivity index (χ4n) is 4.06. The Labute approximate surface area is 198 Å². The lowest BCUT2D eigenvalue weighted by atomic mass is 10.0. The molecule has 0 saturated carbocycles. The lowest BCUT2D eigenvalue weighted by Crippen LogP contribution is -1.80. The van der Waals surface area contributed by atoms with E-state index in [1.54, 1.807) is 11.3 Å². The van der Waals surface area contributed by atoms with Gasteiger partial charge in [-0.3, -0.25) is 0 Å². The fraction of sp³-hybridized carbons (Fsp3) is 0.200. The number of hydrogen-bond acceptors (Lipinski definition) is 2. The van der Waals surface area contributed by atoms with E-state index in [1.807, 2.05) is 11.3 Å². The molecule has 0 unspecified atom stereocenters. The smallest absolute Gasteiger partial charge is 0.0779 e. The summed E-state index contributed by atoms with van der Waals surface area (Å²) >= 11 is 3.73. The van der Waals surface area contributed by atoms with Gasteiger partial charge in [0.2, 0.25) is 0 Å². The molecule has 5 rings (SSSR count). The van der Waals surface area contributed by atoms with Crippen LogP contribution in [-0.2, 0) is 6.42 Å². The summed E-state index contributed by atoms with van der Waals surface area (Å²) in [6.07, 6.45) is 6.49. The number of unbranched alkanes of at least 4 members (excludes halogenated alkanes) is 3. The van der Waals surface area contributed by atoms with Gasteiger partial charge in [-0.1, -0.05) is 68.4 Å². The Morgan fingerprint density at radius 2 is 1.38 bits per heavy atom. The maximum absolute atomic E-state index is 3.38. The van der Waals surface area contributed by atoms with E-state index < -0.39 is 0 Å². The number of hydrogen-bond donors (Lipinski definition) is 0. The Bertz CT molecular complexity index is 1420. The average molecular weight is 451 g/mol. The second-order valence-electron chi connectivity index (χ2n) is 8.25. The Hall–Kier alpha value is -2.86. The van der Waals surface area contributed by atoms with E-state index in [9.17, 15) is 0 Å². The Balaban J connectivity index is 1.32. The van der Waals surface area contributed by atoms with Crippen molar-refractivity contribution in [2.75, 3.05) is 0 Å². The van der Waals surface area contributed by atoms with Crippen molar-refractivity contribution in [2.45, 2.75) is 39.0 Å². The third-order valence-electron chi connectivity index (χ3n) is 5.82. The lowest BCUT2D eigenvalue weighted by Gasteiger charge is -2.02. The monoisotopic (exact) mass is 450 g/mol. The summed E-state index contributed by atoms with van der Waals surface area (Å²) in [5, 5.41) is 5.06. The molecule has 158 valence electrons. The van der Waals surface area contributed by atoms with Crippen LogP contribution in [0, 0.1) is 11.8 Å². The van der Waals surface area contributed by atoms with Crippen LogP contribution in [0.2, 0.25) is 0 Å². The molecule has 0 bridgehead atoms. The van der Waals surface area contributed by atoms with Gasteiger partial charge in [0.25, 0.3) is 0 Å². The minimum Gasteiger partial charge on any atom is -0.139 e. The normalized spacial score (nSPS) is 11.0. The van der Waals surface area contributed by atoms with Crippen LogP contribution in [0.15, 0.2) is 78.9 Å². The highest BCUT2D eigenvalue weighted by molar-refractivity contribution is 7.22. The quantitative estimate of drug-likeness (QED) is 0.137. The van der Waals surface area contributed by atoms with Crippen LogP contribution in [0.3, 0.4) is 0 Å². The van der Waals surface area contributed by atoms with Crippen LogP contribution in [0.4, 0.5) is 0 Å². The molecule has 0 aliphatic rings. The van der Waals surface area contributed by atoms with Gasteiger partial charge < -0.3 is 0 Å². The molecule has 0 saturated heterocycles. The van der Waals surface area contributed by atoms with Crippen molar-refractivity contribution < 1.29 is 0 Å². The van der Waals surface area contributed by atoms with E-state index >= 15 is 0 Å². The van der Waals surface area contributed by atoms with Gasteiger partial charge in [-0.25, -0.2) is 0 Å². The van der Waals surface area contributed by atoms with Crippen molar-refractivity contribution in [3.05, 3.63) is 94.2 Å². The summed E-state index contributed by atoms with van der Waals surface area (Å²) in [6, 6.07) is 28.5. The minimum absolute atomic E-state index is 1.06. The molecule has 32 heavy (non-hydrogen) atoms. The zero-order valence-corrected chi connectivity index (χ0v) is 20.0. The van der Waals surface area contributed by atoms with Gasteiger partial charge >= 0.3 is 0 Å². The summed E-state index contributed by atoms with van der Waals surface area (Å²) in [5.41, 5.74) is 1.06. The van der Waals surface area contributed by atoms with Gasteiger partial charge in [0.15, 0.2) is 0 Å². The maximum Gasteiger partial charge on any atom is 0.0779 e. The predicted molar refractivity (Wildman–Crippen MR) is 143 cm³/mol. The van der Waals surface area contributed by atoms with Crippen LogP contribution in [0.25, 0.3) is 31.3 Å². The van der Waals surface area contributed by atoms with E-state index in [0.29, 0.717) is 0 Å². The molecule has 0 spiro atoms. The molecule has 0 radical (unpaired) electrons. The third kappa shape index (κ3) is 4.80. The highest BCUT2D eigenvalue weighted by Crippen LogP contribution is 2.34. The number of benzene rings is 3. The van der Waals surface area contributed by atoms with Crippen LogP contribution < -0.4 is 0 Å². The van der Waals surface area contributed by atoms with Gasteiger partial charge in [-0.05, 0) is 82.9 Å². The fourth-order valence-corrected chi connectivity index (χ4v) is 6.06. The van der Waals surface area contributed by atoms with Crippen molar-refractivity contribution in [2.24, 2.45) is 0 Å². The number of fused-ring (bicyclic) bond motifs is 2. The molecular formula is C30H26S2. The van der Waals surface area contributed by atoms with Gasteiger partial charge in [-0.15, -0.1) is 22.7 Å². The molecule has 2 heteroatoms. The average Bonchev–Trinajstić information content (AvgIpc) is 3.48. The minimum atomic E-state index is 1.06. The van der Waals surface area contributed by atoms with Crippen molar-refractivity contribution in [1.82, 2.24) is 0 Å². The van der Waals surface area contributed by atoms with Crippen molar-refractivity contribution in [1.29, 1.82) is 0 Å². The first kappa shape index (κ1) is 21.0. The summed E-state index contributed by atoms with van der Waals surface area (Å²) in [4.78, 5) is 5.31. The molecule has 0 aliphatic carbocycles. The first-order valence-corrected chi connectivity index (χ1v) is 13.1. The van der Waals surface area contributed by atoms with E-state index in [2.05, 4.69) is 97.6 Å². The van der Waals surface area contributed by atoms with Crippen molar-refractivity contribution in [3.63, 3.8) is 0 Å². The predicted octanol–water partition coefficient (Wildman–Crippen LogP) is 9.31. The molecule has 2 aromatic heterocycles. The molecule has 3 aromatic carbocycles. The zero-order valence-electron chi connectivity index (χ0n) is 18.4. The van der Waals surface area contributed by atoms with Crippen LogP contribution in [0.5, 0.6) is 0 Å². The van der Waals surface area contributed by atoms with Crippen LogP contribution in [-0.4, -0.2) is 0 Å². The zero-order chi connectivity index (χ0) is 21.8. The molecule has 5 aromatic rings. The second-order valence-corrected chi connectivity index (χ2v) is 10.5. The molecule has 0 amide bonds. The van der Waals surface area contributed by atoms with Gasteiger partial charge in [0.1, 0.15) is 0 Å². The largest absolute Gasteiger partial charge is 0.139 e. The third-order valence-corrected chi connectivity index (χ3v) is 8.16. The van der Waals surface area contributed by atoms with E-state index in [4.69, 9.17) is 0 Å². The van der Waals surface area contributed by atoms with Gasteiger partial charge in [0, 0.05) is 20.2 Å². The topological polar surface area (TPSA) is 0 Å². The second kappa shape index (κ2) is 9.74. The molecule has 0 atom stereocenters. The standard InChI is InChI=1S/C30H26S2/c1-2-3-4-5-10-27-15-17-29(31-27)30-18-16-28(32-30)14-12-22-11-13-25-20-23-8-6-7-9-24(23)21-26(25)19-22/h6-9,11,13,15-21H,2-5,10H2,1H3. The number of aryl methyl sites for hydroxylation is 1. The van der Waals surface area contributed by atoms with Crippen LogP contribution >= 0.6 is 22.7 Å². The van der Waals surface area contributed by atoms with E-state index in [-0.39, 0.29) is 0 Å². The lowest BCUT2D eigenvalue weighted by molar-refractivity contribution is 0.670. The first-order chi connectivity index (χ1) is 15.8. The SMILES string of the molecule is CCCCCCc1ccc(-c2ccc(C#Cc3ccc4cc5ccccc5cc4c3)s2)s1. The molecule has 0 fully saturated rings. The first-order valence-electron chi connectivity index (χ1n) is 11.4. The number of rotatable bonds is 6. The van der Waals surface area contributed by atoms with Gasteiger partial charge in [-0.2, -0.15) is 0 Å².